The van der Waals surface area contributed by atoms with Gasteiger partial charge in [-0.15, -0.1) is 0 Å². The van der Waals surface area contributed by atoms with E-state index in [1.807, 2.05) is 22.9 Å². The maximum Gasteiger partial charge on any atom is 0.166 e. The Morgan fingerprint density at radius 3 is 3.00 bits per heavy atom. The quantitative estimate of drug-likeness (QED) is 0.646. The molecule has 78 valence electrons. The Kier molecular flexibility index (Phi) is 2.32. The molecule has 3 rings (SSSR count). The molecule has 0 N–H and O–H groups in total. The Morgan fingerprint density at radius 2 is 2.12 bits per heavy atom. The van der Waals surface area contributed by atoms with E-state index in [0.29, 0.717) is 0 Å². The molecule has 0 bridgehead atoms. The third-order valence-corrected chi connectivity index (χ3v) is 2.96. The molecular formula is C11H7IN4. The van der Waals surface area contributed by atoms with Gasteiger partial charge in [0.2, 0.25) is 0 Å². The number of nitrogens with zero attached hydrogens (tertiary/aromatic N) is 4. The minimum Gasteiger partial charge on any atom is -0.244 e. The van der Waals surface area contributed by atoms with E-state index >= 15 is 0 Å². The third kappa shape index (κ3) is 1.57. The summed E-state index contributed by atoms with van der Waals surface area (Å²) < 4.78 is 2.99. The summed E-state index contributed by atoms with van der Waals surface area (Å²) in [6.45, 7) is 0. The van der Waals surface area contributed by atoms with Gasteiger partial charge >= 0.3 is 0 Å². The van der Waals surface area contributed by atoms with E-state index in [4.69, 9.17) is 0 Å². The van der Waals surface area contributed by atoms with Gasteiger partial charge < -0.3 is 0 Å². The van der Waals surface area contributed by atoms with Crippen molar-refractivity contribution in [1.82, 2.24) is 19.7 Å². The maximum atomic E-state index is 4.32. The van der Waals surface area contributed by atoms with Crippen molar-refractivity contribution >= 4 is 33.6 Å². The number of hydrogen-bond acceptors (Lipinski definition) is 3. The summed E-state index contributed by atoms with van der Waals surface area (Å²) in [5.41, 5.74) is 1.85. The summed E-state index contributed by atoms with van der Waals surface area (Å²) in [5.74, 6) is 0. The van der Waals surface area contributed by atoms with E-state index in [9.17, 15) is 0 Å². The van der Waals surface area contributed by atoms with Crippen molar-refractivity contribution in [3.63, 3.8) is 0 Å². The molecule has 0 amide bonds. The minimum atomic E-state index is 0.831. The SMILES string of the molecule is Ic1cccc(-n2ncc3cncnc32)c1. The van der Waals surface area contributed by atoms with Crippen molar-refractivity contribution < 1.29 is 0 Å². The fourth-order valence-corrected chi connectivity index (χ4v) is 2.10. The topological polar surface area (TPSA) is 43.6 Å². The summed E-state index contributed by atoms with van der Waals surface area (Å²) in [5, 5.41) is 5.26. The van der Waals surface area contributed by atoms with Gasteiger partial charge in [-0.05, 0) is 40.8 Å². The molecule has 0 saturated carbocycles. The first-order valence-electron chi connectivity index (χ1n) is 4.74. The Morgan fingerprint density at radius 1 is 1.19 bits per heavy atom. The number of benzene rings is 1. The van der Waals surface area contributed by atoms with Crippen LogP contribution in [0.25, 0.3) is 16.7 Å². The zero-order valence-corrected chi connectivity index (χ0v) is 10.4. The lowest BCUT2D eigenvalue weighted by atomic mass is 10.3. The first kappa shape index (κ1) is 9.71. The highest BCUT2D eigenvalue weighted by molar-refractivity contribution is 14.1. The predicted molar refractivity (Wildman–Crippen MR) is 69.4 cm³/mol. The average Bonchev–Trinajstić information content (AvgIpc) is 2.72. The van der Waals surface area contributed by atoms with E-state index in [1.165, 1.54) is 9.90 Å². The molecule has 0 aliphatic heterocycles. The van der Waals surface area contributed by atoms with Gasteiger partial charge in [0.25, 0.3) is 0 Å². The maximum absolute atomic E-state index is 4.32. The molecule has 0 saturated heterocycles. The molecule has 0 atom stereocenters. The van der Waals surface area contributed by atoms with Gasteiger partial charge in [0.05, 0.1) is 17.3 Å². The van der Waals surface area contributed by atoms with E-state index in [1.54, 1.807) is 12.4 Å². The fourth-order valence-electron chi connectivity index (χ4n) is 1.57. The summed E-state index contributed by atoms with van der Waals surface area (Å²) in [7, 11) is 0. The minimum absolute atomic E-state index is 0.831. The van der Waals surface area contributed by atoms with E-state index < -0.39 is 0 Å². The molecule has 16 heavy (non-hydrogen) atoms. The number of fused-ring (bicyclic) bond motifs is 1. The molecule has 0 aliphatic carbocycles. The molecule has 0 fully saturated rings. The zero-order chi connectivity index (χ0) is 11.0. The van der Waals surface area contributed by atoms with E-state index in [0.717, 1.165) is 16.7 Å². The van der Waals surface area contributed by atoms with Crippen molar-refractivity contribution in [1.29, 1.82) is 0 Å². The van der Waals surface area contributed by atoms with Crippen LogP contribution in [-0.2, 0) is 0 Å². The first-order valence-corrected chi connectivity index (χ1v) is 5.82. The van der Waals surface area contributed by atoms with Crippen molar-refractivity contribution in [3.8, 4) is 5.69 Å². The van der Waals surface area contributed by atoms with Crippen LogP contribution in [-0.4, -0.2) is 19.7 Å². The van der Waals surface area contributed by atoms with Gasteiger partial charge in [-0.2, -0.15) is 5.10 Å². The lowest BCUT2D eigenvalue weighted by Crippen LogP contribution is -1.97. The molecule has 0 radical (unpaired) electrons. The Hall–Kier alpha value is -1.50. The van der Waals surface area contributed by atoms with E-state index in [-0.39, 0.29) is 0 Å². The molecule has 0 spiro atoms. The van der Waals surface area contributed by atoms with Crippen LogP contribution in [0.4, 0.5) is 0 Å². The molecular weight excluding hydrogens is 315 g/mol. The summed E-state index contributed by atoms with van der Waals surface area (Å²) in [4.78, 5) is 8.21. The monoisotopic (exact) mass is 322 g/mol. The second-order valence-corrected chi connectivity index (χ2v) is 4.58. The molecule has 5 heteroatoms. The highest BCUT2D eigenvalue weighted by atomic mass is 127. The molecule has 2 aromatic heterocycles. The number of hydrogen-bond donors (Lipinski definition) is 0. The second-order valence-electron chi connectivity index (χ2n) is 3.34. The van der Waals surface area contributed by atoms with Crippen LogP contribution in [0, 0.1) is 3.57 Å². The van der Waals surface area contributed by atoms with Crippen molar-refractivity contribution in [2.24, 2.45) is 0 Å². The van der Waals surface area contributed by atoms with Crippen molar-refractivity contribution in [2.75, 3.05) is 0 Å². The van der Waals surface area contributed by atoms with Crippen molar-refractivity contribution in [3.05, 3.63) is 46.6 Å². The summed E-state index contributed by atoms with van der Waals surface area (Å²) >= 11 is 2.28. The molecule has 0 aliphatic rings. The average molecular weight is 322 g/mol. The molecule has 1 aromatic carbocycles. The van der Waals surface area contributed by atoms with E-state index in [2.05, 4.69) is 43.7 Å². The molecule has 0 unspecified atom stereocenters. The predicted octanol–water partition coefficient (Wildman–Crippen LogP) is 2.42. The van der Waals surface area contributed by atoms with Crippen LogP contribution in [0.2, 0.25) is 0 Å². The van der Waals surface area contributed by atoms with Gasteiger partial charge in [0.1, 0.15) is 6.33 Å². The molecule has 4 nitrogen and oxygen atoms in total. The van der Waals surface area contributed by atoms with Crippen LogP contribution in [0.15, 0.2) is 43.0 Å². The summed E-state index contributed by atoms with van der Waals surface area (Å²) in [6.07, 6.45) is 5.07. The van der Waals surface area contributed by atoms with Gasteiger partial charge in [0.15, 0.2) is 5.65 Å². The fraction of sp³-hybridized carbons (Fsp3) is 0. The van der Waals surface area contributed by atoms with Crippen molar-refractivity contribution in [2.45, 2.75) is 0 Å². The lowest BCUT2D eigenvalue weighted by molar-refractivity contribution is 0.894. The Balaban J connectivity index is 2.26. The molecule has 2 heterocycles. The van der Waals surface area contributed by atoms with Gasteiger partial charge in [-0.25, -0.2) is 14.6 Å². The zero-order valence-electron chi connectivity index (χ0n) is 8.21. The van der Waals surface area contributed by atoms with Crippen LogP contribution >= 0.6 is 22.6 Å². The van der Waals surface area contributed by atoms with Gasteiger partial charge in [-0.1, -0.05) is 6.07 Å². The lowest BCUT2D eigenvalue weighted by Gasteiger charge is -2.02. The Bertz CT molecular complexity index is 647. The second kappa shape index (κ2) is 3.82. The standard InChI is InChI=1S/C11H7IN4/c12-9-2-1-3-10(4-9)16-11-8(6-15-16)5-13-7-14-11/h1-7H. The summed E-state index contributed by atoms with van der Waals surface area (Å²) in [6, 6.07) is 8.13. The Labute approximate surface area is 105 Å². The normalized spacial score (nSPS) is 10.8. The van der Waals surface area contributed by atoms with Gasteiger partial charge in [0, 0.05) is 9.77 Å². The van der Waals surface area contributed by atoms with Crippen LogP contribution in [0.5, 0.6) is 0 Å². The highest BCUT2D eigenvalue weighted by Crippen LogP contribution is 2.16. The highest BCUT2D eigenvalue weighted by Gasteiger charge is 2.05. The largest absolute Gasteiger partial charge is 0.244 e. The smallest absolute Gasteiger partial charge is 0.166 e. The number of aromatic nitrogens is 4. The number of halogens is 1. The number of rotatable bonds is 1. The van der Waals surface area contributed by atoms with Crippen LogP contribution in [0.1, 0.15) is 0 Å². The van der Waals surface area contributed by atoms with Crippen LogP contribution < -0.4 is 0 Å². The van der Waals surface area contributed by atoms with Gasteiger partial charge in [-0.3, -0.25) is 0 Å². The third-order valence-electron chi connectivity index (χ3n) is 2.28. The first-order chi connectivity index (χ1) is 7.84. The van der Waals surface area contributed by atoms with Crippen LogP contribution in [0.3, 0.4) is 0 Å². The molecule has 3 aromatic rings.